The van der Waals surface area contributed by atoms with Gasteiger partial charge in [-0.15, -0.1) is 0 Å². The number of carboxylic acid groups (broad SMARTS) is 1. The van der Waals surface area contributed by atoms with Gasteiger partial charge < -0.3 is 58.3 Å². The van der Waals surface area contributed by atoms with Crippen molar-refractivity contribution >= 4 is 23.6 Å². The molecule has 1 aliphatic heterocycles. The average molecular weight is 761 g/mol. The minimum absolute atomic E-state index is 0.00981. The van der Waals surface area contributed by atoms with Crippen molar-refractivity contribution in [1.29, 1.82) is 0 Å². The first-order valence-corrected chi connectivity index (χ1v) is 18.4. The predicted octanol–water partition coefficient (Wildman–Crippen LogP) is 3.57. The zero-order chi connectivity index (χ0) is 39.3. The van der Waals surface area contributed by atoms with Crippen LogP contribution in [0.15, 0.2) is 42.5 Å². The molecule has 2 aromatic carbocycles. The number of carbonyl (C=O) groups excluding carboxylic acids is 2. The third-order valence-corrected chi connectivity index (χ3v) is 8.87. The molecule has 2 aromatic rings. The summed E-state index contributed by atoms with van der Waals surface area (Å²) in [6.07, 6.45) is -1.07. The van der Waals surface area contributed by atoms with E-state index in [-0.39, 0.29) is 36.4 Å². The average Bonchev–Trinajstić information content (AvgIpc) is 3.15. The Hall–Kier alpha value is -4.15. The number of rotatable bonds is 24. The summed E-state index contributed by atoms with van der Waals surface area (Å²) >= 11 is 0. The Kier molecular flexibility index (Phi) is 19.3. The van der Waals surface area contributed by atoms with Crippen LogP contribution in [0, 0.1) is 12.3 Å². The minimum atomic E-state index is -1.07. The topological polar surface area (TPSA) is 158 Å². The molecule has 0 saturated carbocycles. The number of anilines is 1. The molecular weight excluding hydrogens is 700 g/mol. The number of methoxy groups -OCH3 is 2. The summed E-state index contributed by atoms with van der Waals surface area (Å²) in [7, 11) is 3.05. The van der Waals surface area contributed by atoms with Crippen molar-refractivity contribution in [3.05, 3.63) is 53.6 Å². The normalized spacial score (nSPS) is 13.7. The number of hydrogen-bond donors (Lipinski definition) is 2. The lowest BCUT2D eigenvalue weighted by molar-refractivity contribution is -0.131. The third kappa shape index (κ3) is 15.3. The summed E-state index contributed by atoms with van der Waals surface area (Å²) in [4.78, 5) is 43.4. The van der Waals surface area contributed by atoms with E-state index in [1.54, 1.807) is 28.0 Å². The standard InChI is InChI=1S/C39H60N4O11/c1-30-9-7-10-31(27-30)43(28-35(44)41-13-15-42(16-14-41)37(45)32-11-8-12-33(48-5)36(32)49-6)17-18-50-19-20-51-21-22-52-23-24-53-25-26-54-29-34(39(2,3)4)40-38(46)47/h7-12,27,34,40H,13-26,28-29H2,1-6H3,(H,46,47). The predicted molar refractivity (Wildman–Crippen MR) is 204 cm³/mol. The van der Waals surface area contributed by atoms with Crippen molar-refractivity contribution < 1.29 is 52.6 Å². The van der Waals surface area contributed by atoms with Crippen molar-refractivity contribution in [2.75, 3.05) is 124 Å². The molecule has 1 unspecified atom stereocenters. The van der Waals surface area contributed by atoms with Crippen LogP contribution in [-0.2, 0) is 28.5 Å². The molecule has 302 valence electrons. The lowest BCUT2D eigenvalue weighted by atomic mass is 9.87. The molecule has 0 spiro atoms. The molecule has 3 rings (SSSR count). The van der Waals surface area contributed by atoms with Gasteiger partial charge in [0, 0.05) is 38.4 Å². The molecule has 1 saturated heterocycles. The third-order valence-electron chi connectivity index (χ3n) is 8.87. The quantitative estimate of drug-likeness (QED) is 0.150. The van der Waals surface area contributed by atoms with Gasteiger partial charge in [-0.25, -0.2) is 4.79 Å². The summed E-state index contributed by atoms with van der Waals surface area (Å²) in [6, 6.07) is 13.0. The number of hydrogen-bond acceptors (Lipinski definition) is 11. The lowest BCUT2D eigenvalue weighted by Crippen LogP contribution is -2.53. The van der Waals surface area contributed by atoms with Crippen LogP contribution in [0.2, 0.25) is 0 Å². The zero-order valence-corrected chi connectivity index (χ0v) is 32.8. The number of para-hydroxylation sites is 1. The van der Waals surface area contributed by atoms with Gasteiger partial charge in [0.1, 0.15) is 0 Å². The van der Waals surface area contributed by atoms with E-state index < -0.39 is 6.09 Å². The van der Waals surface area contributed by atoms with Crippen molar-refractivity contribution in [1.82, 2.24) is 15.1 Å². The SMILES string of the molecule is COc1cccc(C(=O)N2CCN(C(=O)CN(CCOCCOCCOCCOCCOCC(NC(=O)O)C(C)(C)C)c3cccc(C)c3)CC2)c1OC. The van der Waals surface area contributed by atoms with Gasteiger partial charge >= 0.3 is 6.09 Å². The van der Waals surface area contributed by atoms with Crippen LogP contribution in [-0.4, -0.2) is 158 Å². The highest BCUT2D eigenvalue weighted by Crippen LogP contribution is 2.31. The molecule has 3 amide bonds. The van der Waals surface area contributed by atoms with Gasteiger partial charge in [0.05, 0.1) is 98.4 Å². The van der Waals surface area contributed by atoms with Crippen LogP contribution >= 0.6 is 0 Å². The van der Waals surface area contributed by atoms with Crippen LogP contribution < -0.4 is 19.7 Å². The summed E-state index contributed by atoms with van der Waals surface area (Å²) in [5.41, 5.74) is 2.21. The van der Waals surface area contributed by atoms with Crippen molar-refractivity contribution in [2.24, 2.45) is 5.41 Å². The molecule has 0 bridgehead atoms. The molecule has 1 fully saturated rings. The summed E-state index contributed by atoms with van der Waals surface area (Å²) in [5, 5.41) is 11.5. The zero-order valence-electron chi connectivity index (χ0n) is 32.8. The summed E-state index contributed by atoms with van der Waals surface area (Å²) < 4.78 is 38.9. The van der Waals surface area contributed by atoms with Gasteiger partial charge in [0.25, 0.3) is 5.91 Å². The Morgan fingerprint density at radius 3 is 1.87 bits per heavy atom. The second-order valence-electron chi connectivity index (χ2n) is 13.9. The van der Waals surface area contributed by atoms with E-state index in [2.05, 4.69) is 11.4 Å². The van der Waals surface area contributed by atoms with Crippen LogP contribution in [0.25, 0.3) is 0 Å². The fourth-order valence-electron chi connectivity index (χ4n) is 5.69. The summed E-state index contributed by atoms with van der Waals surface area (Å²) in [5.74, 6) is 0.731. The maximum atomic E-state index is 13.5. The van der Waals surface area contributed by atoms with Crippen LogP contribution in [0.4, 0.5) is 10.5 Å². The van der Waals surface area contributed by atoms with E-state index >= 15 is 0 Å². The first kappa shape index (κ1) is 44.2. The molecule has 0 aliphatic carbocycles. The fourth-order valence-corrected chi connectivity index (χ4v) is 5.69. The molecule has 1 atom stereocenters. The fraction of sp³-hybridized carbons (Fsp3) is 0.615. The molecule has 0 radical (unpaired) electrons. The number of benzene rings is 2. The van der Waals surface area contributed by atoms with Crippen LogP contribution in [0.5, 0.6) is 11.5 Å². The number of nitrogens with zero attached hydrogens (tertiary/aromatic N) is 3. The second kappa shape index (κ2) is 23.6. The van der Waals surface area contributed by atoms with Crippen LogP contribution in [0.1, 0.15) is 36.7 Å². The Morgan fingerprint density at radius 2 is 1.33 bits per heavy atom. The molecule has 2 N–H and O–H groups in total. The highest BCUT2D eigenvalue weighted by Gasteiger charge is 2.29. The highest BCUT2D eigenvalue weighted by atomic mass is 16.6. The van der Waals surface area contributed by atoms with Crippen molar-refractivity contribution in [3.8, 4) is 11.5 Å². The lowest BCUT2D eigenvalue weighted by Gasteiger charge is -2.36. The van der Waals surface area contributed by atoms with Crippen LogP contribution in [0.3, 0.4) is 0 Å². The molecule has 1 aliphatic rings. The van der Waals surface area contributed by atoms with E-state index in [1.807, 2.05) is 50.8 Å². The first-order valence-electron chi connectivity index (χ1n) is 18.4. The van der Waals surface area contributed by atoms with Crippen molar-refractivity contribution in [2.45, 2.75) is 33.7 Å². The number of carbonyl (C=O) groups is 3. The maximum Gasteiger partial charge on any atom is 0.404 e. The van der Waals surface area contributed by atoms with Gasteiger partial charge in [-0.2, -0.15) is 0 Å². The van der Waals surface area contributed by atoms with Gasteiger partial charge in [0.15, 0.2) is 11.5 Å². The number of amides is 3. The summed E-state index contributed by atoms with van der Waals surface area (Å²) in [6.45, 7) is 14.2. The Morgan fingerprint density at radius 1 is 0.778 bits per heavy atom. The monoisotopic (exact) mass is 760 g/mol. The Balaban J connectivity index is 1.29. The first-order chi connectivity index (χ1) is 25.9. The minimum Gasteiger partial charge on any atom is -0.493 e. The van der Waals surface area contributed by atoms with Gasteiger partial charge in [-0.3, -0.25) is 9.59 Å². The van der Waals surface area contributed by atoms with E-state index in [1.165, 1.54) is 14.2 Å². The largest absolute Gasteiger partial charge is 0.493 e. The van der Waals surface area contributed by atoms with E-state index in [0.29, 0.717) is 109 Å². The number of nitrogens with one attached hydrogen (secondary N) is 1. The molecular formula is C39H60N4O11. The number of piperazine rings is 1. The maximum absolute atomic E-state index is 13.5. The molecule has 15 heteroatoms. The van der Waals surface area contributed by atoms with E-state index in [9.17, 15) is 14.4 Å². The van der Waals surface area contributed by atoms with Gasteiger partial charge in [-0.05, 0) is 42.2 Å². The molecule has 54 heavy (non-hydrogen) atoms. The van der Waals surface area contributed by atoms with E-state index in [0.717, 1.165) is 11.3 Å². The molecule has 0 aromatic heterocycles. The Bertz CT molecular complexity index is 1430. The van der Waals surface area contributed by atoms with Gasteiger partial charge in [-0.1, -0.05) is 39.0 Å². The van der Waals surface area contributed by atoms with E-state index in [4.69, 9.17) is 38.3 Å². The molecule has 1 heterocycles. The second-order valence-corrected chi connectivity index (χ2v) is 13.9. The Labute approximate surface area is 319 Å². The highest BCUT2D eigenvalue weighted by molar-refractivity contribution is 5.98. The smallest absolute Gasteiger partial charge is 0.404 e. The van der Waals surface area contributed by atoms with Gasteiger partial charge in [0.2, 0.25) is 5.91 Å². The number of aryl methyl sites for hydroxylation is 1. The molecule has 15 nitrogen and oxygen atoms in total. The van der Waals surface area contributed by atoms with Crippen molar-refractivity contribution in [3.63, 3.8) is 0 Å². The number of ether oxygens (including phenoxy) is 7.